The topological polar surface area (TPSA) is 56.3 Å². The molecule has 1 saturated carbocycles. The second-order valence-electron chi connectivity index (χ2n) is 9.23. The lowest BCUT2D eigenvalue weighted by molar-refractivity contribution is 0.00578. The number of hydrogen-bond acceptors (Lipinski definition) is 5. The molecule has 0 radical (unpaired) electrons. The van der Waals surface area contributed by atoms with Gasteiger partial charge in [-0.1, -0.05) is 38.3 Å². The Morgan fingerprint density at radius 2 is 1.75 bits per heavy atom. The molecule has 0 spiro atoms. The van der Waals surface area contributed by atoms with Crippen molar-refractivity contribution in [2.24, 2.45) is 0 Å². The van der Waals surface area contributed by atoms with E-state index in [1.807, 2.05) is 6.20 Å². The van der Waals surface area contributed by atoms with Crippen LogP contribution in [0.2, 0.25) is 0 Å². The lowest BCUT2D eigenvalue weighted by atomic mass is 9.77. The van der Waals surface area contributed by atoms with Gasteiger partial charge in [0, 0.05) is 17.6 Å². The highest BCUT2D eigenvalue weighted by Crippen LogP contribution is 2.36. The van der Waals surface area contributed by atoms with Crippen molar-refractivity contribution in [3.63, 3.8) is 0 Å². The van der Waals surface area contributed by atoms with E-state index in [2.05, 4.69) is 57.1 Å². The molecule has 0 bridgehead atoms. The summed E-state index contributed by atoms with van der Waals surface area (Å²) in [6, 6.07) is 4.79. The van der Waals surface area contributed by atoms with Gasteiger partial charge in [0.05, 0.1) is 16.7 Å². The molecule has 0 amide bonds. The van der Waals surface area contributed by atoms with Crippen LogP contribution in [0.1, 0.15) is 72.3 Å². The molecule has 0 atom stereocenters. The van der Waals surface area contributed by atoms with Crippen molar-refractivity contribution in [1.82, 2.24) is 9.97 Å². The average Bonchev–Trinajstić information content (AvgIpc) is 2.89. The predicted octanol–water partition coefficient (Wildman–Crippen LogP) is 4.24. The van der Waals surface area contributed by atoms with Gasteiger partial charge in [-0.05, 0) is 58.0 Å². The number of anilines is 1. The predicted molar refractivity (Wildman–Crippen MR) is 115 cm³/mol. The van der Waals surface area contributed by atoms with Crippen LogP contribution in [-0.4, -0.2) is 34.3 Å². The zero-order valence-electron chi connectivity index (χ0n) is 17.8. The number of aromatic nitrogens is 2. The van der Waals surface area contributed by atoms with Gasteiger partial charge in [0.2, 0.25) is 5.95 Å². The Morgan fingerprint density at radius 3 is 2.39 bits per heavy atom. The largest absolute Gasteiger partial charge is 0.494 e. The molecule has 2 heterocycles. The minimum Gasteiger partial charge on any atom is -0.399 e. The van der Waals surface area contributed by atoms with E-state index < -0.39 is 0 Å². The average molecular weight is 381 g/mol. The molecule has 2 aromatic rings. The van der Waals surface area contributed by atoms with Gasteiger partial charge in [-0.3, -0.25) is 0 Å². The smallest absolute Gasteiger partial charge is 0.399 e. The van der Waals surface area contributed by atoms with Crippen molar-refractivity contribution in [3.05, 3.63) is 23.9 Å². The number of nitrogens with one attached hydrogen (secondary N) is 1. The zero-order chi connectivity index (χ0) is 19.9. The Morgan fingerprint density at radius 1 is 1.07 bits per heavy atom. The number of rotatable bonds is 4. The van der Waals surface area contributed by atoms with Crippen LogP contribution in [0.3, 0.4) is 0 Å². The third kappa shape index (κ3) is 3.64. The lowest BCUT2D eigenvalue weighted by Crippen LogP contribution is -2.41. The van der Waals surface area contributed by atoms with Crippen LogP contribution in [0.5, 0.6) is 0 Å². The molecule has 4 rings (SSSR count). The molecule has 1 aliphatic heterocycles. The highest BCUT2D eigenvalue weighted by Gasteiger charge is 2.51. The van der Waals surface area contributed by atoms with Crippen molar-refractivity contribution in [2.45, 2.75) is 90.4 Å². The molecule has 28 heavy (non-hydrogen) atoms. The van der Waals surface area contributed by atoms with E-state index >= 15 is 0 Å². The van der Waals surface area contributed by atoms with E-state index in [0.29, 0.717) is 6.04 Å². The molecule has 0 unspecified atom stereocenters. The summed E-state index contributed by atoms with van der Waals surface area (Å²) in [4.78, 5) is 9.46. The Hall–Kier alpha value is -1.66. The molecule has 5 nitrogen and oxygen atoms in total. The van der Waals surface area contributed by atoms with Crippen LogP contribution in [-0.2, 0) is 15.7 Å². The van der Waals surface area contributed by atoms with Crippen molar-refractivity contribution >= 4 is 29.4 Å². The van der Waals surface area contributed by atoms with E-state index in [1.165, 1.54) is 37.7 Å². The maximum Gasteiger partial charge on any atom is 0.494 e. The Bertz CT molecular complexity index is 846. The summed E-state index contributed by atoms with van der Waals surface area (Å²) in [7, 11) is -0.361. The molecular weight excluding hydrogens is 349 g/mol. The van der Waals surface area contributed by atoms with Crippen LogP contribution in [0, 0.1) is 0 Å². The quantitative estimate of drug-likeness (QED) is 0.803. The summed E-state index contributed by atoms with van der Waals surface area (Å²) in [6.45, 7) is 10.5. The maximum absolute atomic E-state index is 6.25. The third-order valence-corrected chi connectivity index (χ3v) is 6.63. The zero-order valence-corrected chi connectivity index (χ0v) is 17.8. The van der Waals surface area contributed by atoms with Crippen molar-refractivity contribution in [1.29, 1.82) is 0 Å². The molecular formula is C22H32BN3O2. The molecule has 1 aliphatic carbocycles. The highest BCUT2D eigenvalue weighted by molar-refractivity contribution is 6.62. The van der Waals surface area contributed by atoms with Gasteiger partial charge in [-0.15, -0.1) is 0 Å². The summed E-state index contributed by atoms with van der Waals surface area (Å²) < 4.78 is 12.5. The van der Waals surface area contributed by atoms with Gasteiger partial charge in [0.15, 0.2) is 0 Å². The normalized spacial score (nSPS) is 22.0. The van der Waals surface area contributed by atoms with E-state index in [4.69, 9.17) is 14.3 Å². The van der Waals surface area contributed by atoms with Gasteiger partial charge in [-0.25, -0.2) is 9.97 Å². The Labute approximate surface area is 168 Å². The fraction of sp³-hybridized carbons (Fsp3) is 0.636. The molecule has 1 N–H and O–H groups in total. The molecule has 1 aromatic carbocycles. The minimum atomic E-state index is -0.361. The Kier molecular flexibility index (Phi) is 5.13. The van der Waals surface area contributed by atoms with Crippen LogP contribution in [0.4, 0.5) is 5.95 Å². The number of benzene rings is 1. The molecule has 2 fully saturated rings. The van der Waals surface area contributed by atoms with E-state index in [1.54, 1.807) is 0 Å². The molecule has 1 saturated heterocycles. The van der Waals surface area contributed by atoms with Gasteiger partial charge in [-0.2, -0.15) is 0 Å². The van der Waals surface area contributed by atoms with E-state index in [-0.39, 0.29) is 18.3 Å². The molecule has 6 heteroatoms. The minimum absolute atomic E-state index is 0.344. The van der Waals surface area contributed by atoms with Crippen LogP contribution < -0.4 is 10.8 Å². The van der Waals surface area contributed by atoms with Crippen molar-refractivity contribution < 1.29 is 9.31 Å². The summed E-state index contributed by atoms with van der Waals surface area (Å²) in [6.07, 6.45) is 9.20. The molecule has 150 valence electrons. The first-order valence-electron chi connectivity index (χ1n) is 10.7. The lowest BCUT2D eigenvalue weighted by Gasteiger charge is -2.32. The first-order chi connectivity index (χ1) is 13.3. The standard InChI is InChI=1S/C22H32BN3O2/c1-6-15-12-17(23-27-21(2,3)22(4,5)28-23)13-16-14-24-20(26-19(15)16)25-18-10-8-7-9-11-18/h12-14,18H,6-11H2,1-5H3,(H,24,25,26). The number of hydrogen-bond donors (Lipinski definition) is 1. The van der Waals surface area contributed by atoms with Gasteiger partial charge < -0.3 is 14.6 Å². The molecule has 1 aromatic heterocycles. The molecule has 2 aliphatic rings. The van der Waals surface area contributed by atoms with Gasteiger partial charge >= 0.3 is 7.12 Å². The maximum atomic E-state index is 6.25. The second kappa shape index (κ2) is 7.31. The summed E-state index contributed by atoms with van der Waals surface area (Å²) in [5, 5.41) is 4.58. The summed E-state index contributed by atoms with van der Waals surface area (Å²) in [5.74, 6) is 0.748. The third-order valence-electron chi connectivity index (χ3n) is 6.63. The fourth-order valence-corrected chi connectivity index (χ4v) is 4.13. The van der Waals surface area contributed by atoms with Crippen LogP contribution in [0.15, 0.2) is 18.3 Å². The monoisotopic (exact) mass is 381 g/mol. The first-order valence-corrected chi connectivity index (χ1v) is 10.7. The van der Waals surface area contributed by atoms with Gasteiger partial charge in [0.25, 0.3) is 0 Å². The van der Waals surface area contributed by atoms with Crippen molar-refractivity contribution in [3.8, 4) is 0 Å². The van der Waals surface area contributed by atoms with Gasteiger partial charge in [0.1, 0.15) is 0 Å². The van der Waals surface area contributed by atoms with E-state index in [9.17, 15) is 0 Å². The number of fused-ring (bicyclic) bond motifs is 1. The number of nitrogens with zero attached hydrogens (tertiary/aromatic N) is 2. The Balaban J connectivity index is 1.64. The van der Waals surface area contributed by atoms with E-state index in [0.717, 1.165) is 28.7 Å². The first kappa shape index (κ1) is 19.7. The fourth-order valence-electron chi connectivity index (χ4n) is 4.13. The summed E-state index contributed by atoms with van der Waals surface area (Å²) >= 11 is 0. The number of aryl methyl sites for hydroxylation is 1. The summed E-state index contributed by atoms with van der Waals surface area (Å²) in [5.41, 5.74) is 2.58. The van der Waals surface area contributed by atoms with Crippen LogP contribution >= 0.6 is 0 Å². The SMILES string of the molecule is CCc1cc(B2OC(C)(C)C(C)(C)O2)cc2cnc(NC3CCCCC3)nc12. The van der Waals surface area contributed by atoms with Crippen molar-refractivity contribution in [2.75, 3.05) is 5.32 Å². The highest BCUT2D eigenvalue weighted by atomic mass is 16.7. The van der Waals surface area contributed by atoms with Crippen LogP contribution in [0.25, 0.3) is 10.9 Å². The second-order valence-corrected chi connectivity index (χ2v) is 9.23.